The summed E-state index contributed by atoms with van der Waals surface area (Å²) in [6.07, 6.45) is 7.56. The van der Waals surface area contributed by atoms with E-state index in [1.807, 2.05) is 0 Å². The number of aromatic carboxylic acids is 1. The van der Waals surface area contributed by atoms with Crippen LogP contribution < -0.4 is 11.1 Å². The molecule has 1 rings (SSSR count). The Morgan fingerprint density at radius 2 is 1.89 bits per heavy atom. The van der Waals surface area contributed by atoms with Crippen LogP contribution in [0.2, 0.25) is 0 Å². The largest absolute Gasteiger partial charge is 0.478 e. The highest BCUT2D eigenvalue weighted by atomic mass is 16.4. The van der Waals surface area contributed by atoms with Crippen LogP contribution in [0.3, 0.4) is 0 Å². The van der Waals surface area contributed by atoms with Crippen LogP contribution in [0.15, 0.2) is 18.2 Å². The Bertz CT molecular complexity index is 405. The molecule has 0 fully saturated rings. The average Bonchev–Trinajstić information content (AvgIpc) is 2.37. The van der Waals surface area contributed by atoms with Gasteiger partial charge in [-0.1, -0.05) is 39.0 Å². The first-order valence-corrected chi connectivity index (χ1v) is 7.02. The topological polar surface area (TPSA) is 75.3 Å². The van der Waals surface area contributed by atoms with Crippen LogP contribution in [0.25, 0.3) is 0 Å². The molecule has 0 radical (unpaired) electrons. The molecule has 0 spiro atoms. The quantitative estimate of drug-likeness (QED) is 0.469. The monoisotopic (exact) mass is 264 g/mol. The first kappa shape index (κ1) is 15.3. The van der Waals surface area contributed by atoms with E-state index in [0.717, 1.165) is 18.7 Å². The average molecular weight is 264 g/mol. The lowest BCUT2D eigenvalue weighted by Gasteiger charge is -2.08. The third-order valence-corrected chi connectivity index (χ3v) is 3.14. The molecule has 0 atom stereocenters. The van der Waals surface area contributed by atoms with Crippen molar-refractivity contribution in [2.75, 3.05) is 17.6 Å². The number of hydrogen-bond donors (Lipinski definition) is 3. The highest BCUT2D eigenvalue weighted by Gasteiger charge is 2.07. The number of carboxylic acid groups (broad SMARTS) is 1. The molecule has 0 saturated heterocycles. The number of nitrogens with two attached hydrogens (primary N) is 1. The first-order chi connectivity index (χ1) is 9.15. The van der Waals surface area contributed by atoms with E-state index in [2.05, 4.69) is 12.2 Å². The summed E-state index contributed by atoms with van der Waals surface area (Å²) in [6.45, 7) is 3.12. The predicted octanol–water partition coefficient (Wildman–Crippen LogP) is 3.74. The Morgan fingerprint density at radius 3 is 2.53 bits per heavy atom. The summed E-state index contributed by atoms with van der Waals surface area (Å²) in [6, 6.07) is 4.98. The van der Waals surface area contributed by atoms with Crippen molar-refractivity contribution in [1.82, 2.24) is 0 Å². The van der Waals surface area contributed by atoms with Crippen LogP contribution >= 0.6 is 0 Å². The van der Waals surface area contributed by atoms with Crippen LogP contribution in [0, 0.1) is 0 Å². The summed E-state index contributed by atoms with van der Waals surface area (Å²) in [5.41, 5.74) is 7.04. The van der Waals surface area contributed by atoms with Gasteiger partial charge in [-0.25, -0.2) is 4.79 Å². The molecule has 0 heterocycles. The number of benzene rings is 1. The lowest BCUT2D eigenvalue weighted by Crippen LogP contribution is -2.05. The number of rotatable bonds is 9. The second-order valence-corrected chi connectivity index (χ2v) is 4.80. The van der Waals surface area contributed by atoms with Crippen LogP contribution in [-0.4, -0.2) is 17.6 Å². The van der Waals surface area contributed by atoms with Crippen molar-refractivity contribution in [3.63, 3.8) is 0 Å². The van der Waals surface area contributed by atoms with E-state index in [0.29, 0.717) is 5.69 Å². The minimum atomic E-state index is -0.986. The maximum atomic E-state index is 10.8. The fourth-order valence-electron chi connectivity index (χ4n) is 2.01. The van der Waals surface area contributed by atoms with Gasteiger partial charge < -0.3 is 16.2 Å². The van der Waals surface area contributed by atoms with Crippen molar-refractivity contribution in [2.45, 2.75) is 45.4 Å². The number of hydrogen-bond acceptors (Lipinski definition) is 3. The maximum Gasteiger partial charge on any atom is 0.337 e. The van der Waals surface area contributed by atoms with E-state index in [9.17, 15) is 4.79 Å². The van der Waals surface area contributed by atoms with E-state index in [-0.39, 0.29) is 5.56 Å². The third kappa shape index (κ3) is 5.64. The molecule has 0 unspecified atom stereocenters. The second kappa shape index (κ2) is 8.40. The number of anilines is 2. The molecular weight excluding hydrogens is 240 g/mol. The van der Waals surface area contributed by atoms with Gasteiger partial charge in [-0.15, -0.1) is 0 Å². The SMILES string of the molecule is CCCCCCCCNc1ccc(C(=O)O)c(N)c1. The molecule has 1 aromatic rings. The summed E-state index contributed by atoms with van der Waals surface area (Å²) >= 11 is 0. The Balaban J connectivity index is 2.26. The van der Waals surface area contributed by atoms with Crippen molar-refractivity contribution in [3.8, 4) is 0 Å². The molecule has 0 saturated carbocycles. The molecule has 0 aliphatic heterocycles. The number of unbranched alkanes of at least 4 members (excludes halogenated alkanes) is 5. The zero-order valence-electron chi connectivity index (χ0n) is 11.6. The van der Waals surface area contributed by atoms with Gasteiger partial charge in [0, 0.05) is 17.9 Å². The van der Waals surface area contributed by atoms with Gasteiger partial charge in [-0.05, 0) is 24.6 Å². The van der Waals surface area contributed by atoms with Gasteiger partial charge in [0.1, 0.15) is 0 Å². The van der Waals surface area contributed by atoms with Gasteiger partial charge >= 0.3 is 5.97 Å². The van der Waals surface area contributed by atoms with Crippen LogP contribution in [0.1, 0.15) is 55.8 Å². The van der Waals surface area contributed by atoms with E-state index in [4.69, 9.17) is 10.8 Å². The van der Waals surface area contributed by atoms with Crippen molar-refractivity contribution in [3.05, 3.63) is 23.8 Å². The minimum Gasteiger partial charge on any atom is -0.478 e. The molecule has 1 aromatic carbocycles. The smallest absolute Gasteiger partial charge is 0.337 e. The Kier molecular flexibility index (Phi) is 6.79. The minimum absolute atomic E-state index is 0.158. The standard InChI is InChI=1S/C15H24N2O2/c1-2-3-4-5-6-7-10-17-12-8-9-13(15(18)19)14(16)11-12/h8-9,11,17H,2-7,10,16H2,1H3,(H,18,19). The number of nitrogens with one attached hydrogen (secondary N) is 1. The zero-order valence-corrected chi connectivity index (χ0v) is 11.6. The zero-order chi connectivity index (χ0) is 14.1. The first-order valence-electron chi connectivity index (χ1n) is 7.02. The molecule has 106 valence electrons. The molecular formula is C15H24N2O2. The van der Waals surface area contributed by atoms with Crippen molar-refractivity contribution < 1.29 is 9.90 Å². The molecule has 0 amide bonds. The lowest BCUT2D eigenvalue weighted by molar-refractivity contribution is 0.0698. The molecule has 4 nitrogen and oxygen atoms in total. The summed E-state index contributed by atoms with van der Waals surface area (Å²) < 4.78 is 0. The van der Waals surface area contributed by atoms with Crippen LogP contribution in [0.4, 0.5) is 11.4 Å². The van der Waals surface area contributed by atoms with Crippen molar-refractivity contribution in [2.24, 2.45) is 0 Å². The van der Waals surface area contributed by atoms with E-state index >= 15 is 0 Å². The third-order valence-electron chi connectivity index (χ3n) is 3.14. The van der Waals surface area contributed by atoms with Crippen molar-refractivity contribution >= 4 is 17.3 Å². The number of carbonyl (C=O) groups is 1. The summed E-state index contributed by atoms with van der Waals surface area (Å²) in [5, 5.41) is 12.1. The van der Waals surface area contributed by atoms with E-state index < -0.39 is 5.97 Å². The summed E-state index contributed by atoms with van der Waals surface area (Å²) in [4.78, 5) is 10.8. The van der Waals surface area contributed by atoms with Gasteiger partial charge in [0.15, 0.2) is 0 Å². The Morgan fingerprint density at radius 1 is 1.21 bits per heavy atom. The van der Waals surface area contributed by atoms with E-state index in [1.54, 1.807) is 18.2 Å². The number of carboxylic acids is 1. The molecule has 19 heavy (non-hydrogen) atoms. The maximum absolute atomic E-state index is 10.8. The fourth-order valence-corrected chi connectivity index (χ4v) is 2.01. The Labute approximate surface area is 115 Å². The van der Waals surface area contributed by atoms with Gasteiger partial charge in [0.2, 0.25) is 0 Å². The fraction of sp³-hybridized carbons (Fsp3) is 0.533. The van der Waals surface area contributed by atoms with Gasteiger partial charge in [0.05, 0.1) is 5.56 Å². The second-order valence-electron chi connectivity index (χ2n) is 4.80. The molecule has 0 aliphatic carbocycles. The van der Waals surface area contributed by atoms with E-state index in [1.165, 1.54) is 32.1 Å². The Hall–Kier alpha value is -1.71. The van der Waals surface area contributed by atoms with Crippen LogP contribution in [0.5, 0.6) is 0 Å². The normalized spacial score (nSPS) is 10.4. The van der Waals surface area contributed by atoms with Gasteiger partial charge in [0.25, 0.3) is 0 Å². The molecule has 0 aliphatic rings. The lowest BCUT2D eigenvalue weighted by atomic mass is 10.1. The highest BCUT2D eigenvalue weighted by Crippen LogP contribution is 2.18. The summed E-state index contributed by atoms with van der Waals surface area (Å²) in [5.74, 6) is -0.986. The predicted molar refractivity (Wildman–Crippen MR) is 79.7 cm³/mol. The van der Waals surface area contributed by atoms with Gasteiger partial charge in [-0.2, -0.15) is 0 Å². The van der Waals surface area contributed by atoms with Crippen LogP contribution in [-0.2, 0) is 0 Å². The number of nitrogen functional groups attached to an aromatic ring is 1. The summed E-state index contributed by atoms with van der Waals surface area (Å²) in [7, 11) is 0. The van der Waals surface area contributed by atoms with Gasteiger partial charge in [-0.3, -0.25) is 0 Å². The molecule has 4 heteroatoms. The van der Waals surface area contributed by atoms with Crippen molar-refractivity contribution in [1.29, 1.82) is 0 Å². The highest BCUT2D eigenvalue weighted by molar-refractivity contribution is 5.94. The molecule has 0 aromatic heterocycles. The molecule has 4 N–H and O–H groups in total. The molecule has 0 bridgehead atoms.